The van der Waals surface area contributed by atoms with Crippen molar-refractivity contribution in [3.8, 4) is 0 Å². The predicted octanol–water partition coefficient (Wildman–Crippen LogP) is 4.06. The van der Waals surface area contributed by atoms with Crippen LogP contribution in [0.4, 0.5) is 4.39 Å². The second kappa shape index (κ2) is 4.34. The molecule has 20 heavy (non-hydrogen) atoms. The number of benzene rings is 1. The summed E-state index contributed by atoms with van der Waals surface area (Å²) >= 11 is 0. The molecule has 0 fully saturated rings. The number of carbonyl (C=O) groups excluding carboxylic acids is 1. The Morgan fingerprint density at radius 2 is 1.95 bits per heavy atom. The highest BCUT2D eigenvalue weighted by Crippen LogP contribution is 2.28. The molecule has 102 valence electrons. The van der Waals surface area contributed by atoms with Crippen molar-refractivity contribution in [1.82, 2.24) is 4.98 Å². The van der Waals surface area contributed by atoms with Gasteiger partial charge in [-0.2, -0.15) is 0 Å². The van der Waals surface area contributed by atoms with Crippen LogP contribution in [0.15, 0.2) is 28.8 Å². The summed E-state index contributed by atoms with van der Waals surface area (Å²) in [5, 5.41) is 0.329. The topological polar surface area (TPSA) is 46.0 Å². The van der Waals surface area contributed by atoms with Gasteiger partial charge in [0.2, 0.25) is 0 Å². The minimum atomic E-state index is -0.400. The molecule has 0 amide bonds. The normalized spacial score (nSPS) is 11.2. The maximum atomic E-state index is 14.0. The molecule has 0 aliphatic heterocycles. The van der Waals surface area contributed by atoms with Crippen molar-refractivity contribution in [3.63, 3.8) is 0 Å². The van der Waals surface area contributed by atoms with Gasteiger partial charge in [-0.3, -0.25) is 4.79 Å². The first-order valence-electron chi connectivity index (χ1n) is 6.37. The van der Waals surface area contributed by atoms with Gasteiger partial charge in [-0.05, 0) is 32.9 Å². The molecule has 1 N–H and O–H groups in total. The molecule has 0 radical (unpaired) electrons. The number of furan rings is 1. The molecule has 0 unspecified atom stereocenters. The molecule has 0 saturated carbocycles. The summed E-state index contributed by atoms with van der Waals surface area (Å²) in [6.07, 6.45) is 1.55. The Kier molecular flexibility index (Phi) is 2.74. The Morgan fingerprint density at radius 1 is 1.20 bits per heavy atom. The average Bonchev–Trinajstić information content (AvgIpc) is 2.93. The number of nitrogens with one attached hydrogen (secondary N) is 1. The quantitative estimate of drug-likeness (QED) is 0.714. The van der Waals surface area contributed by atoms with E-state index in [1.165, 1.54) is 6.07 Å². The fourth-order valence-corrected chi connectivity index (χ4v) is 2.58. The molecule has 0 aliphatic carbocycles. The summed E-state index contributed by atoms with van der Waals surface area (Å²) in [7, 11) is 0. The van der Waals surface area contributed by atoms with Crippen LogP contribution < -0.4 is 0 Å². The number of aromatic nitrogens is 1. The van der Waals surface area contributed by atoms with Gasteiger partial charge in [-0.1, -0.05) is 6.07 Å². The maximum Gasteiger partial charge on any atom is 0.199 e. The van der Waals surface area contributed by atoms with E-state index in [0.29, 0.717) is 33.6 Å². The number of hydrogen-bond acceptors (Lipinski definition) is 2. The molecule has 3 nitrogen and oxygen atoms in total. The van der Waals surface area contributed by atoms with Gasteiger partial charge in [0.1, 0.15) is 17.3 Å². The van der Waals surface area contributed by atoms with Crippen LogP contribution in [0.5, 0.6) is 0 Å². The van der Waals surface area contributed by atoms with Gasteiger partial charge >= 0.3 is 0 Å². The molecule has 0 atom stereocenters. The summed E-state index contributed by atoms with van der Waals surface area (Å²) in [4.78, 5) is 15.6. The van der Waals surface area contributed by atoms with Crippen LogP contribution in [0, 0.1) is 26.6 Å². The van der Waals surface area contributed by atoms with Gasteiger partial charge < -0.3 is 9.40 Å². The number of aryl methyl sites for hydroxylation is 2. The highest BCUT2D eigenvalue weighted by Gasteiger charge is 2.23. The second-order valence-electron chi connectivity index (χ2n) is 4.91. The fourth-order valence-electron chi connectivity index (χ4n) is 2.58. The van der Waals surface area contributed by atoms with Crippen molar-refractivity contribution in [3.05, 3.63) is 58.4 Å². The lowest BCUT2D eigenvalue weighted by molar-refractivity contribution is 0.103. The highest BCUT2D eigenvalue weighted by atomic mass is 19.1. The third kappa shape index (κ3) is 1.68. The number of hydrogen-bond donors (Lipinski definition) is 1. The number of rotatable bonds is 2. The minimum absolute atomic E-state index is 0.215. The van der Waals surface area contributed by atoms with Crippen molar-refractivity contribution >= 4 is 16.7 Å². The zero-order valence-corrected chi connectivity index (χ0v) is 11.5. The van der Waals surface area contributed by atoms with Gasteiger partial charge in [0, 0.05) is 22.7 Å². The lowest BCUT2D eigenvalue weighted by Gasteiger charge is -2.01. The van der Waals surface area contributed by atoms with Crippen molar-refractivity contribution < 1.29 is 13.6 Å². The van der Waals surface area contributed by atoms with Gasteiger partial charge in [-0.25, -0.2) is 4.39 Å². The van der Waals surface area contributed by atoms with Crippen LogP contribution in [0.1, 0.15) is 33.0 Å². The summed E-state index contributed by atoms with van der Waals surface area (Å²) in [6.45, 7) is 5.40. The summed E-state index contributed by atoms with van der Waals surface area (Å²) < 4.78 is 19.4. The molecule has 3 aromatic rings. The molecule has 0 bridgehead atoms. The highest BCUT2D eigenvalue weighted by molar-refractivity contribution is 6.17. The van der Waals surface area contributed by atoms with E-state index in [1.807, 2.05) is 13.8 Å². The molecular weight excluding hydrogens is 257 g/mol. The Morgan fingerprint density at radius 3 is 2.60 bits per heavy atom. The van der Waals surface area contributed by atoms with Crippen LogP contribution in [-0.4, -0.2) is 10.8 Å². The van der Waals surface area contributed by atoms with Gasteiger partial charge in [0.05, 0.1) is 11.1 Å². The van der Waals surface area contributed by atoms with E-state index in [4.69, 9.17) is 4.42 Å². The Labute approximate surface area is 115 Å². The summed E-state index contributed by atoms with van der Waals surface area (Å²) in [6, 6.07) is 4.71. The van der Waals surface area contributed by atoms with E-state index in [0.717, 1.165) is 5.56 Å². The minimum Gasteiger partial charge on any atom is -0.466 e. The van der Waals surface area contributed by atoms with Crippen molar-refractivity contribution in [2.45, 2.75) is 20.8 Å². The van der Waals surface area contributed by atoms with Gasteiger partial charge in [0.15, 0.2) is 5.78 Å². The Bertz CT molecular complexity index is 826. The second-order valence-corrected chi connectivity index (χ2v) is 4.91. The molecule has 4 heteroatoms. The molecular formula is C16H14FNO2. The van der Waals surface area contributed by atoms with E-state index >= 15 is 0 Å². The molecule has 2 aromatic heterocycles. The number of carbonyl (C=O) groups is 1. The molecule has 3 rings (SSSR count). The number of aromatic amines is 1. The third-order valence-corrected chi connectivity index (χ3v) is 3.69. The van der Waals surface area contributed by atoms with Crippen LogP contribution >= 0.6 is 0 Å². The first-order chi connectivity index (χ1) is 9.50. The lowest BCUT2D eigenvalue weighted by atomic mass is 9.99. The first-order valence-corrected chi connectivity index (χ1v) is 6.37. The fraction of sp³-hybridized carbons (Fsp3) is 0.188. The SMILES string of the molecule is Cc1oc(C)c(C(=O)c2c[nH]c3cccc(F)c23)c1C. The smallest absolute Gasteiger partial charge is 0.199 e. The summed E-state index contributed by atoms with van der Waals surface area (Å²) in [5.41, 5.74) is 2.28. The van der Waals surface area contributed by atoms with Crippen LogP contribution in [0.2, 0.25) is 0 Å². The Hall–Kier alpha value is -2.36. The van der Waals surface area contributed by atoms with Crippen LogP contribution in [-0.2, 0) is 0 Å². The van der Waals surface area contributed by atoms with Crippen LogP contribution in [0.25, 0.3) is 10.9 Å². The zero-order chi connectivity index (χ0) is 14.4. The first kappa shape index (κ1) is 12.7. The van der Waals surface area contributed by atoms with E-state index in [9.17, 15) is 9.18 Å². The third-order valence-electron chi connectivity index (χ3n) is 3.69. The van der Waals surface area contributed by atoms with Crippen molar-refractivity contribution in [1.29, 1.82) is 0 Å². The molecule has 0 spiro atoms. The van der Waals surface area contributed by atoms with E-state index in [-0.39, 0.29) is 5.78 Å². The maximum absolute atomic E-state index is 14.0. The van der Waals surface area contributed by atoms with Gasteiger partial charge in [0.25, 0.3) is 0 Å². The number of H-pyrrole nitrogens is 1. The average molecular weight is 271 g/mol. The molecule has 0 aliphatic rings. The largest absolute Gasteiger partial charge is 0.466 e. The predicted molar refractivity (Wildman–Crippen MR) is 74.6 cm³/mol. The van der Waals surface area contributed by atoms with Crippen molar-refractivity contribution in [2.75, 3.05) is 0 Å². The monoisotopic (exact) mass is 271 g/mol. The van der Waals surface area contributed by atoms with E-state index < -0.39 is 5.82 Å². The zero-order valence-electron chi connectivity index (χ0n) is 11.5. The number of ketones is 1. The standard InChI is InChI=1S/C16H14FNO2/c1-8-9(2)20-10(3)14(8)16(19)11-7-18-13-6-4-5-12(17)15(11)13/h4-7,18H,1-3H3. The Balaban J connectivity index is 2.23. The van der Waals surface area contributed by atoms with Crippen LogP contribution in [0.3, 0.4) is 0 Å². The van der Waals surface area contributed by atoms with E-state index in [1.54, 1.807) is 25.3 Å². The van der Waals surface area contributed by atoms with Gasteiger partial charge in [-0.15, -0.1) is 0 Å². The number of halogens is 1. The molecule has 1 aromatic carbocycles. The van der Waals surface area contributed by atoms with Crippen molar-refractivity contribution in [2.24, 2.45) is 0 Å². The molecule has 2 heterocycles. The lowest BCUT2D eigenvalue weighted by Crippen LogP contribution is -2.03. The summed E-state index contributed by atoms with van der Waals surface area (Å²) in [5.74, 6) is 0.665. The number of fused-ring (bicyclic) bond motifs is 1. The molecule has 0 saturated heterocycles. The van der Waals surface area contributed by atoms with E-state index in [2.05, 4.69) is 4.98 Å².